The number of halogens is 2. The molecule has 0 saturated carbocycles. The molecule has 5 rings (SSSR count). The van der Waals surface area contributed by atoms with Gasteiger partial charge in [-0.15, -0.1) is 0 Å². The fourth-order valence-corrected chi connectivity index (χ4v) is 6.49. The number of carbonyl (C=O) groups is 2. The summed E-state index contributed by atoms with van der Waals surface area (Å²) in [5.74, 6) is -0.239. The fourth-order valence-electron chi connectivity index (χ4n) is 6.31. The molecule has 0 spiro atoms. The van der Waals surface area contributed by atoms with E-state index in [1.807, 2.05) is 51.1 Å². The first kappa shape index (κ1) is 38.8. The summed E-state index contributed by atoms with van der Waals surface area (Å²) in [5, 5.41) is 6.68. The van der Waals surface area contributed by atoms with Crippen LogP contribution < -0.4 is 25.0 Å². The Kier molecular flexibility index (Phi) is 13.7. The summed E-state index contributed by atoms with van der Waals surface area (Å²) in [7, 11) is 1.57. The molecule has 10 heteroatoms. The standard InChI is InChI=1S/C42H49ClFN3O5/c1-42(2,3)28-47-35-21-20-31(43)25-33(35)39(52-37(41(47)49)26-38(48)46-27-30-16-8-9-18-34(30)44)32-17-12-19-36(40(32)50-4)51-24-23-45-22-11-10-15-29-13-6-5-7-14-29/h5-9,12-14,16-21,25,37,39,45H,10-11,15,22-24,26-28H2,1-4H3,(H,46,48)/t37-,39-/m1/s1. The summed E-state index contributed by atoms with van der Waals surface area (Å²) in [5.41, 5.74) is 3.32. The Morgan fingerprint density at radius 3 is 2.46 bits per heavy atom. The Hall–Kier alpha value is -4.44. The first-order chi connectivity index (χ1) is 25.0. The van der Waals surface area contributed by atoms with Crippen molar-refractivity contribution in [3.05, 3.63) is 124 Å². The third-order valence-corrected chi connectivity index (χ3v) is 9.02. The molecule has 4 aromatic carbocycles. The summed E-state index contributed by atoms with van der Waals surface area (Å²) >= 11 is 6.58. The Labute approximate surface area is 311 Å². The van der Waals surface area contributed by atoms with Gasteiger partial charge >= 0.3 is 0 Å². The van der Waals surface area contributed by atoms with Gasteiger partial charge in [0.15, 0.2) is 11.5 Å². The van der Waals surface area contributed by atoms with Crippen LogP contribution in [0.2, 0.25) is 5.02 Å². The molecule has 0 aromatic heterocycles. The molecule has 0 unspecified atom stereocenters. The molecule has 2 N–H and O–H groups in total. The van der Waals surface area contributed by atoms with Gasteiger partial charge in [-0.05, 0) is 67.1 Å². The van der Waals surface area contributed by atoms with Gasteiger partial charge in [0.1, 0.15) is 24.6 Å². The van der Waals surface area contributed by atoms with Gasteiger partial charge in [0.05, 0.1) is 13.5 Å². The van der Waals surface area contributed by atoms with E-state index < -0.39 is 23.9 Å². The number of anilines is 1. The molecule has 0 aliphatic carbocycles. The maximum Gasteiger partial charge on any atom is 0.256 e. The van der Waals surface area contributed by atoms with Crippen LogP contribution >= 0.6 is 11.6 Å². The monoisotopic (exact) mass is 729 g/mol. The highest BCUT2D eigenvalue weighted by atomic mass is 35.5. The second-order valence-electron chi connectivity index (χ2n) is 14.2. The van der Waals surface area contributed by atoms with Crippen molar-refractivity contribution in [2.45, 2.75) is 65.2 Å². The van der Waals surface area contributed by atoms with E-state index in [0.717, 1.165) is 25.8 Å². The van der Waals surface area contributed by atoms with Crippen molar-refractivity contribution in [1.29, 1.82) is 0 Å². The minimum atomic E-state index is -1.17. The van der Waals surface area contributed by atoms with Crippen LogP contribution in [0.25, 0.3) is 0 Å². The minimum absolute atomic E-state index is 0.0207. The quantitative estimate of drug-likeness (QED) is 0.114. The lowest BCUT2D eigenvalue weighted by Crippen LogP contribution is -2.45. The number of fused-ring (bicyclic) bond motifs is 1. The van der Waals surface area contributed by atoms with Gasteiger partial charge in [-0.1, -0.05) is 93.0 Å². The Morgan fingerprint density at radius 1 is 0.942 bits per heavy atom. The van der Waals surface area contributed by atoms with E-state index in [9.17, 15) is 14.0 Å². The smallest absolute Gasteiger partial charge is 0.256 e. The van der Waals surface area contributed by atoms with Crippen molar-refractivity contribution < 1.29 is 28.2 Å². The first-order valence-electron chi connectivity index (χ1n) is 17.8. The molecule has 1 aliphatic heterocycles. The summed E-state index contributed by atoms with van der Waals surface area (Å²) < 4.78 is 33.1. The van der Waals surface area contributed by atoms with Crippen molar-refractivity contribution in [3.63, 3.8) is 0 Å². The van der Waals surface area contributed by atoms with E-state index in [2.05, 4.69) is 34.9 Å². The molecular weight excluding hydrogens is 681 g/mol. The Bertz CT molecular complexity index is 1800. The number of rotatable bonds is 16. The van der Waals surface area contributed by atoms with Gasteiger partial charge in [-0.2, -0.15) is 0 Å². The van der Waals surface area contributed by atoms with E-state index >= 15 is 0 Å². The number of unbranched alkanes of at least 4 members (excludes halogenated alkanes) is 1. The number of amides is 2. The number of hydrogen-bond donors (Lipinski definition) is 2. The number of aryl methyl sites for hydroxylation is 1. The van der Waals surface area contributed by atoms with Crippen LogP contribution in [0.4, 0.5) is 10.1 Å². The van der Waals surface area contributed by atoms with E-state index in [-0.39, 0.29) is 24.3 Å². The zero-order valence-electron chi connectivity index (χ0n) is 30.4. The average Bonchev–Trinajstić information content (AvgIpc) is 3.22. The first-order valence-corrected chi connectivity index (χ1v) is 18.2. The Balaban J connectivity index is 1.35. The lowest BCUT2D eigenvalue weighted by atomic mass is 9.94. The largest absolute Gasteiger partial charge is 0.492 e. The lowest BCUT2D eigenvalue weighted by Gasteiger charge is -2.31. The second kappa shape index (κ2) is 18.4. The minimum Gasteiger partial charge on any atom is -0.492 e. The van der Waals surface area contributed by atoms with E-state index in [0.29, 0.717) is 58.6 Å². The summed E-state index contributed by atoms with van der Waals surface area (Å²) in [6, 6.07) is 27.6. The van der Waals surface area contributed by atoms with Crippen molar-refractivity contribution in [2.24, 2.45) is 5.41 Å². The number of para-hydroxylation sites is 1. The van der Waals surface area contributed by atoms with Crippen molar-refractivity contribution in [3.8, 4) is 11.5 Å². The van der Waals surface area contributed by atoms with Gasteiger partial charge in [0, 0.05) is 47.0 Å². The van der Waals surface area contributed by atoms with Crippen LogP contribution in [0.3, 0.4) is 0 Å². The fraction of sp³-hybridized carbons (Fsp3) is 0.381. The Morgan fingerprint density at radius 2 is 1.71 bits per heavy atom. The number of nitrogens with zero attached hydrogens (tertiary/aromatic N) is 1. The molecule has 8 nitrogen and oxygen atoms in total. The van der Waals surface area contributed by atoms with Gasteiger partial charge in [-0.25, -0.2) is 4.39 Å². The summed E-state index contributed by atoms with van der Waals surface area (Å²) in [6.45, 7) is 8.41. The molecule has 52 heavy (non-hydrogen) atoms. The highest BCUT2D eigenvalue weighted by molar-refractivity contribution is 6.30. The predicted octanol–water partition coefficient (Wildman–Crippen LogP) is 8.05. The molecule has 2 amide bonds. The van der Waals surface area contributed by atoms with Crippen LogP contribution in [0, 0.1) is 11.2 Å². The van der Waals surface area contributed by atoms with E-state index in [4.69, 9.17) is 25.8 Å². The van der Waals surface area contributed by atoms with E-state index in [1.165, 1.54) is 11.6 Å². The zero-order valence-corrected chi connectivity index (χ0v) is 31.2. The van der Waals surface area contributed by atoms with Gasteiger partial charge in [-0.3, -0.25) is 9.59 Å². The maximum atomic E-state index is 14.3. The number of methoxy groups -OCH3 is 1. The molecule has 0 saturated heterocycles. The molecule has 4 aromatic rings. The number of benzene rings is 4. The molecule has 0 radical (unpaired) electrons. The maximum absolute atomic E-state index is 14.3. The number of hydrogen-bond acceptors (Lipinski definition) is 6. The second-order valence-corrected chi connectivity index (χ2v) is 14.6. The zero-order chi connectivity index (χ0) is 37.1. The van der Waals surface area contributed by atoms with Crippen LogP contribution in [0.1, 0.15) is 68.4 Å². The van der Waals surface area contributed by atoms with Gasteiger partial charge in [0.2, 0.25) is 5.91 Å². The molecule has 1 aliphatic rings. The molecule has 0 fully saturated rings. The number of nitrogens with one attached hydrogen (secondary N) is 2. The topological polar surface area (TPSA) is 89.1 Å². The summed E-state index contributed by atoms with van der Waals surface area (Å²) in [4.78, 5) is 29.4. The average molecular weight is 730 g/mol. The van der Waals surface area contributed by atoms with Crippen LogP contribution in [0.15, 0.2) is 91.0 Å². The predicted molar refractivity (Wildman–Crippen MR) is 204 cm³/mol. The van der Waals surface area contributed by atoms with Crippen molar-refractivity contribution >= 4 is 29.1 Å². The molecule has 0 bridgehead atoms. The molecule has 1 heterocycles. The number of carbonyl (C=O) groups excluding carboxylic acids is 2. The van der Waals surface area contributed by atoms with Crippen molar-refractivity contribution in [2.75, 3.05) is 38.3 Å². The van der Waals surface area contributed by atoms with Crippen LogP contribution in [0.5, 0.6) is 11.5 Å². The van der Waals surface area contributed by atoms with E-state index in [1.54, 1.807) is 42.3 Å². The molecule has 276 valence electrons. The van der Waals surface area contributed by atoms with Crippen LogP contribution in [-0.2, 0) is 27.3 Å². The SMILES string of the molecule is COc1c(OCCNCCCCc2ccccc2)cccc1[C@H]1O[C@H](CC(=O)NCc2ccccc2F)C(=O)N(CC(C)(C)C)c2ccc(Cl)cc21. The highest BCUT2D eigenvalue weighted by Crippen LogP contribution is 2.45. The highest BCUT2D eigenvalue weighted by Gasteiger charge is 2.40. The summed E-state index contributed by atoms with van der Waals surface area (Å²) in [6.07, 6.45) is 0.931. The van der Waals surface area contributed by atoms with Crippen LogP contribution in [-0.4, -0.2) is 51.3 Å². The third kappa shape index (κ3) is 10.6. The van der Waals surface area contributed by atoms with Gasteiger partial charge < -0.3 is 29.7 Å². The van der Waals surface area contributed by atoms with Crippen molar-refractivity contribution in [1.82, 2.24) is 10.6 Å². The molecular formula is C42H49ClFN3O5. The van der Waals surface area contributed by atoms with Gasteiger partial charge in [0.25, 0.3) is 5.91 Å². The third-order valence-electron chi connectivity index (χ3n) is 8.79. The lowest BCUT2D eigenvalue weighted by molar-refractivity contribution is -0.138. The normalized spacial score (nSPS) is 15.9. The number of ether oxygens (including phenoxy) is 3. The molecule has 2 atom stereocenters.